The van der Waals surface area contributed by atoms with Crippen LogP contribution >= 0.6 is 0 Å². The van der Waals surface area contributed by atoms with Crippen LogP contribution in [0.3, 0.4) is 0 Å². The molecule has 0 saturated heterocycles. The van der Waals surface area contributed by atoms with E-state index in [-0.39, 0.29) is 11.5 Å². The molecule has 142 valence electrons. The minimum absolute atomic E-state index is 0.0219. The molecule has 27 heavy (non-hydrogen) atoms. The van der Waals surface area contributed by atoms with Gasteiger partial charge < -0.3 is 14.3 Å². The zero-order valence-corrected chi connectivity index (χ0v) is 15.2. The molecule has 0 radical (unpaired) electrons. The largest absolute Gasteiger partial charge is 0.586 e. The highest BCUT2D eigenvalue weighted by Gasteiger charge is 2.43. The molecular weight excluding hydrogens is 358 g/mol. The summed E-state index contributed by atoms with van der Waals surface area (Å²) >= 11 is 0. The van der Waals surface area contributed by atoms with E-state index in [1.807, 2.05) is 19.9 Å². The van der Waals surface area contributed by atoms with Gasteiger partial charge in [-0.15, -0.1) is 19.0 Å². The molecule has 0 spiro atoms. The fourth-order valence-corrected chi connectivity index (χ4v) is 2.58. The average Bonchev–Trinajstić information content (AvgIpc) is 3.21. The monoisotopic (exact) mass is 376 g/mol. The number of ether oxygens (including phenoxy) is 2. The first-order valence-corrected chi connectivity index (χ1v) is 8.30. The van der Waals surface area contributed by atoms with Gasteiger partial charge in [-0.2, -0.15) is 0 Å². The standard InChI is InChI=1S/C16H12F2N4O3.C2H6/c1-9(21-23-2)11-4-6-14-19-20-15(22(14)8-11)10-3-5-12-13(7-10)25-16(17,18)24-12;1-2/h3-8H,1-2H3;1-2H3/b21-9+;. The molecule has 1 aromatic carbocycles. The lowest BCUT2D eigenvalue weighted by molar-refractivity contribution is -0.286. The normalized spacial score (nSPS) is 14.7. The van der Waals surface area contributed by atoms with Crippen molar-refractivity contribution >= 4 is 11.4 Å². The van der Waals surface area contributed by atoms with Crippen molar-refractivity contribution in [2.45, 2.75) is 27.1 Å². The number of pyridine rings is 1. The van der Waals surface area contributed by atoms with Crippen molar-refractivity contribution in [3.05, 3.63) is 42.1 Å². The van der Waals surface area contributed by atoms with E-state index in [0.29, 0.717) is 22.7 Å². The summed E-state index contributed by atoms with van der Waals surface area (Å²) < 4.78 is 37.0. The molecule has 0 saturated carbocycles. The van der Waals surface area contributed by atoms with Crippen molar-refractivity contribution in [1.29, 1.82) is 0 Å². The number of oxime groups is 1. The highest BCUT2D eigenvalue weighted by atomic mass is 19.3. The van der Waals surface area contributed by atoms with Crippen molar-refractivity contribution in [3.63, 3.8) is 0 Å². The van der Waals surface area contributed by atoms with Crippen LogP contribution in [0, 0.1) is 0 Å². The van der Waals surface area contributed by atoms with E-state index in [4.69, 9.17) is 4.84 Å². The number of fused-ring (bicyclic) bond motifs is 2. The number of alkyl halides is 2. The highest BCUT2D eigenvalue weighted by Crippen LogP contribution is 2.42. The molecule has 0 fully saturated rings. The van der Waals surface area contributed by atoms with Crippen molar-refractivity contribution in [1.82, 2.24) is 14.6 Å². The van der Waals surface area contributed by atoms with Gasteiger partial charge in [0.25, 0.3) is 0 Å². The second-order valence-electron chi connectivity index (χ2n) is 5.36. The molecule has 1 aliphatic heterocycles. The summed E-state index contributed by atoms with van der Waals surface area (Å²) in [6.07, 6.45) is -1.86. The third-order valence-corrected chi connectivity index (χ3v) is 3.71. The summed E-state index contributed by atoms with van der Waals surface area (Å²) in [6, 6.07) is 8.08. The number of rotatable bonds is 3. The molecule has 0 bridgehead atoms. The second-order valence-corrected chi connectivity index (χ2v) is 5.36. The van der Waals surface area contributed by atoms with E-state index >= 15 is 0 Å². The third-order valence-electron chi connectivity index (χ3n) is 3.71. The Hall–Kier alpha value is -3.23. The fraction of sp³-hybridized carbons (Fsp3) is 0.278. The van der Waals surface area contributed by atoms with Gasteiger partial charge in [-0.05, 0) is 37.3 Å². The van der Waals surface area contributed by atoms with Crippen LogP contribution in [0.5, 0.6) is 11.5 Å². The van der Waals surface area contributed by atoms with Crippen LogP contribution in [-0.2, 0) is 4.84 Å². The molecule has 0 atom stereocenters. The van der Waals surface area contributed by atoms with Gasteiger partial charge in [-0.3, -0.25) is 4.40 Å². The van der Waals surface area contributed by atoms with E-state index in [1.54, 1.807) is 29.7 Å². The minimum atomic E-state index is -3.66. The summed E-state index contributed by atoms with van der Waals surface area (Å²) in [5.41, 5.74) is 2.65. The molecule has 0 amide bonds. The van der Waals surface area contributed by atoms with Crippen LogP contribution < -0.4 is 9.47 Å². The van der Waals surface area contributed by atoms with Gasteiger partial charge in [0.1, 0.15) is 7.11 Å². The molecule has 1 aliphatic rings. The summed E-state index contributed by atoms with van der Waals surface area (Å²) in [5, 5.41) is 12.1. The Morgan fingerprint density at radius 1 is 1.11 bits per heavy atom. The Morgan fingerprint density at radius 2 is 1.85 bits per heavy atom. The fourth-order valence-electron chi connectivity index (χ4n) is 2.58. The molecule has 0 aliphatic carbocycles. The summed E-state index contributed by atoms with van der Waals surface area (Å²) in [5.74, 6) is 0.405. The van der Waals surface area contributed by atoms with Crippen molar-refractivity contribution in [3.8, 4) is 22.9 Å². The zero-order valence-electron chi connectivity index (χ0n) is 15.2. The smallest absolute Gasteiger partial charge is 0.399 e. The SMILES string of the molecule is CC.CO/N=C(\C)c1ccc2nnc(-c3ccc4c(c3)OC(F)(F)O4)n2c1. The first-order chi connectivity index (χ1) is 13.0. The van der Waals surface area contributed by atoms with Crippen molar-refractivity contribution in [2.24, 2.45) is 5.16 Å². The van der Waals surface area contributed by atoms with Gasteiger partial charge >= 0.3 is 6.29 Å². The summed E-state index contributed by atoms with van der Waals surface area (Å²) in [4.78, 5) is 4.78. The van der Waals surface area contributed by atoms with E-state index in [9.17, 15) is 8.78 Å². The topological polar surface area (TPSA) is 70.2 Å². The lowest BCUT2D eigenvalue weighted by atomic mass is 10.1. The lowest BCUT2D eigenvalue weighted by Gasteiger charge is -2.05. The molecule has 0 N–H and O–H groups in total. The molecule has 7 nitrogen and oxygen atoms in total. The Labute approximate surface area is 154 Å². The van der Waals surface area contributed by atoms with E-state index in [2.05, 4.69) is 24.8 Å². The van der Waals surface area contributed by atoms with E-state index in [0.717, 1.165) is 5.56 Å². The van der Waals surface area contributed by atoms with Crippen molar-refractivity contribution < 1.29 is 23.1 Å². The molecule has 3 heterocycles. The average molecular weight is 376 g/mol. The molecule has 0 unspecified atom stereocenters. The maximum Gasteiger partial charge on any atom is 0.586 e. The van der Waals surface area contributed by atoms with Gasteiger partial charge in [-0.25, -0.2) is 0 Å². The molecule has 2 aromatic heterocycles. The molecule has 4 rings (SSSR count). The zero-order chi connectivity index (χ0) is 19.6. The van der Waals surface area contributed by atoms with Gasteiger partial charge in [0.05, 0.1) is 5.71 Å². The quantitative estimate of drug-likeness (QED) is 0.508. The van der Waals surface area contributed by atoms with Crippen LogP contribution in [0.1, 0.15) is 26.3 Å². The maximum atomic E-state index is 13.2. The Balaban J connectivity index is 0.00000102. The van der Waals surface area contributed by atoms with Gasteiger partial charge in [0.2, 0.25) is 0 Å². The Kier molecular flexibility index (Phi) is 4.93. The lowest BCUT2D eigenvalue weighted by Crippen LogP contribution is -2.25. The Bertz CT molecular complexity index is 1000. The number of hydrogen-bond donors (Lipinski definition) is 0. The first-order valence-electron chi connectivity index (χ1n) is 8.30. The van der Waals surface area contributed by atoms with Crippen LogP contribution in [0.15, 0.2) is 41.7 Å². The summed E-state index contributed by atoms with van der Waals surface area (Å²) in [6.45, 7) is 5.80. The van der Waals surface area contributed by atoms with Crippen LogP contribution in [0.25, 0.3) is 17.0 Å². The first kappa shape index (κ1) is 18.6. The number of benzene rings is 1. The number of nitrogens with zero attached hydrogens (tertiary/aromatic N) is 4. The number of hydrogen-bond acceptors (Lipinski definition) is 6. The highest BCUT2D eigenvalue weighted by molar-refractivity contribution is 5.98. The van der Waals surface area contributed by atoms with E-state index in [1.165, 1.54) is 19.2 Å². The van der Waals surface area contributed by atoms with Crippen LogP contribution in [-0.4, -0.2) is 33.7 Å². The predicted octanol–water partition coefficient (Wildman–Crippen LogP) is 4.11. The van der Waals surface area contributed by atoms with Crippen LogP contribution in [0.2, 0.25) is 0 Å². The molecular formula is C18H18F2N4O3. The van der Waals surface area contributed by atoms with Crippen molar-refractivity contribution in [2.75, 3.05) is 7.11 Å². The number of aromatic nitrogens is 3. The number of halogens is 2. The summed E-state index contributed by atoms with van der Waals surface area (Å²) in [7, 11) is 1.47. The second kappa shape index (κ2) is 7.18. The predicted molar refractivity (Wildman–Crippen MR) is 95.2 cm³/mol. The molecule has 9 heteroatoms. The third kappa shape index (κ3) is 3.53. The van der Waals surface area contributed by atoms with Crippen LogP contribution in [0.4, 0.5) is 8.78 Å². The Morgan fingerprint density at radius 3 is 2.59 bits per heavy atom. The van der Waals surface area contributed by atoms with E-state index < -0.39 is 6.29 Å². The maximum absolute atomic E-state index is 13.2. The van der Waals surface area contributed by atoms with Gasteiger partial charge in [-0.1, -0.05) is 19.0 Å². The molecule has 3 aromatic rings. The van der Waals surface area contributed by atoms with Gasteiger partial charge in [0, 0.05) is 17.3 Å². The van der Waals surface area contributed by atoms with Gasteiger partial charge in [0.15, 0.2) is 23.0 Å². The minimum Gasteiger partial charge on any atom is -0.399 e.